The van der Waals surface area contributed by atoms with Crippen LogP contribution < -0.4 is 4.74 Å². The van der Waals surface area contributed by atoms with Gasteiger partial charge in [-0.2, -0.15) is 0 Å². The van der Waals surface area contributed by atoms with E-state index < -0.39 is 0 Å². The van der Waals surface area contributed by atoms with Gasteiger partial charge in [-0.1, -0.05) is 18.2 Å². The summed E-state index contributed by atoms with van der Waals surface area (Å²) in [6.07, 6.45) is 1.94. The molecule has 0 saturated carbocycles. The van der Waals surface area contributed by atoms with E-state index in [0.717, 1.165) is 5.69 Å². The summed E-state index contributed by atoms with van der Waals surface area (Å²) >= 11 is 0. The number of amides is 2. The molecule has 0 aliphatic carbocycles. The third-order valence-corrected chi connectivity index (χ3v) is 4.68. The fourth-order valence-electron chi connectivity index (χ4n) is 2.90. The first-order valence-corrected chi connectivity index (χ1v) is 9.76. The van der Waals surface area contributed by atoms with Gasteiger partial charge in [0.05, 0.1) is 13.2 Å². The summed E-state index contributed by atoms with van der Waals surface area (Å²) < 4.78 is 12.7. The molecule has 1 heterocycles. The van der Waals surface area contributed by atoms with Gasteiger partial charge in [-0.3, -0.25) is 9.59 Å². The summed E-state index contributed by atoms with van der Waals surface area (Å²) in [5.41, 5.74) is 1.02. The second-order valence-electron chi connectivity index (χ2n) is 7.14. The van der Waals surface area contributed by atoms with Crippen LogP contribution >= 0.6 is 0 Å². The van der Waals surface area contributed by atoms with Gasteiger partial charge in [-0.25, -0.2) is 0 Å². The van der Waals surface area contributed by atoms with Gasteiger partial charge in [0.25, 0.3) is 5.91 Å². The SMILES string of the molecule is COCCN(Cc1cccn1C)C(=O)CN(C(=O)COc1ccccc1)C(C)C. The summed E-state index contributed by atoms with van der Waals surface area (Å²) in [4.78, 5) is 29.0. The summed E-state index contributed by atoms with van der Waals surface area (Å²) in [5, 5.41) is 0. The first kappa shape index (κ1) is 22.5. The zero-order valence-electron chi connectivity index (χ0n) is 17.7. The Morgan fingerprint density at radius 3 is 2.38 bits per heavy atom. The number of carbonyl (C=O) groups is 2. The number of benzene rings is 1. The van der Waals surface area contributed by atoms with Gasteiger partial charge in [-0.15, -0.1) is 0 Å². The number of hydrogen-bond acceptors (Lipinski definition) is 4. The van der Waals surface area contributed by atoms with Crippen molar-refractivity contribution in [2.75, 3.05) is 33.4 Å². The van der Waals surface area contributed by atoms with Gasteiger partial charge in [0.15, 0.2) is 6.61 Å². The Morgan fingerprint density at radius 2 is 1.79 bits per heavy atom. The molecule has 0 unspecified atom stereocenters. The zero-order valence-corrected chi connectivity index (χ0v) is 17.7. The summed E-state index contributed by atoms with van der Waals surface area (Å²) in [7, 11) is 3.55. The van der Waals surface area contributed by atoms with Gasteiger partial charge >= 0.3 is 0 Å². The second kappa shape index (κ2) is 11.3. The molecule has 0 atom stereocenters. The molecule has 2 amide bonds. The maximum absolute atomic E-state index is 13.0. The summed E-state index contributed by atoms with van der Waals surface area (Å²) in [5.74, 6) is 0.286. The molecule has 0 saturated heterocycles. The molecule has 1 aromatic heterocycles. The van der Waals surface area contributed by atoms with Gasteiger partial charge in [0.1, 0.15) is 12.3 Å². The number of carbonyl (C=O) groups excluding carboxylic acids is 2. The van der Waals surface area contributed by atoms with Crippen molar-refractivity contribution >= 4 is 11.8 Å². The highest BCUT2D eigenvalue weighted by molar-refractivity contribution is 5.85. The molecule has 0 bridgehead atoms. The van der Waals surface area contributed by atoms with E-state index in [0.29, 0.717) is 25.4 Å². The number of nitrogens with zero attached hydrogens (tertiary/aromatic N) is 3. The minimum absolute atomic E-state index is 0.00276. The Hall–Kier alpha value is -2.80. The van der Waals surface area contributed by atoms with Crippen LogP contribution in [0, 0.1) is 0 Å². The predicted octanol–water partition coefficient (Wildman–Crippen LogP) is 2.32. The van der Waals surface area contributed by atoms with E-state index in [2.05, 4.69) is 0 Å². The highest BCUT2D eigenvalue weighted by Gasteiger charge is 2.24. The van der Waals surface area contributed by atoms with Crippen LogP contribution in [0.25, 0.3) is 0 Å². The number of rotatable bonds is 11. The number of ether oxygens (including phenoxy) is 2. The lowest BCUT2D eigenvalue weighted by Crippen LogP contribution is -2.47. The van der Waals surface area contributed by atoms with Crippen molar-refractivity contribution in [2.45, 2.75) is 26.4 Å². The molecule has 0 aliphatic rings. The van der Waals surface area contributed by atoms with E-state index >= 15 is 0 Å². The van der Waals surface area contributed by atoms with Crippen LogP contribution in [-0.4, -0.2) is 65.6 Å². The average molecular weight is 402 g/mol. The predicted molar refractivity (Wildman–Crippen MR) is 111 cm³/mol. The molecule has 2 rings (SSSR count). The number of aromatic nitrogens is 1. The molecule has 0 radical (unpaired) electrons. The highest BCUT2D eigenvalue weighted by atomic mass is 16.5. The van der Waals surface area contributed by atoms with Gasteiger partial charge in [0.2, 0.25) is 5.91 Å². The number of para-hydroxylation sites is 1. The fraction of sp³-hybridized carbons (Fsp3) is 0.455. The maximum atomic E-state index is 13.0. The largest absolute Gasteiger partial charge is 0.484 e. The van der Waals surface area contributed by atoms with E-state index in [4.69, 9.17) is 9.47 Å². The van der Waals surface area contributed by atoms with Crippen molar-refractivity contribution in [3.05, 3.63) is 54.4 Å². The summed E-state index contributed by atoms with van der Waals surface area (Å²) in [6, 6.07) is 13.0. The highest BCUT2D eigenvalue weighted by Crippen LogP contribution is 2.11. The zero-order chi connectivity index (χ0) is 21.2. The van der Waals surface area contributed by atoms with E-state index in [9.17, 15) is 9.59 Å². The molecular weight excluding hydrogens is 370 g/mol. The van der Waals surface area contributed by atoms with Crippen LogP contribution in [0.5, 0.6) is 5.75 Å². The second-order valence-corrected chi connectivity index (χ2v) is 7.14. The lowest BCUT2D eigenvalue weighted by Gasteiger charge is -2.30. The first-order valence-electron chi connectivity index (χ1n) is 9.76. The Labute approximate surface area is 172 Å². The molecule has 2 aromatic rings. The standard InChI is InChI=1S/C22H31N3O4/c1-18(2)25(22(27)17-29-20-10-6-5-7-11-20)16-21(26)24(13-14-28-4)15-19-9-8-12-23(19)3/h5-12,18H,13-17H2,1-4H3. The van der Waals surface area contributed by atoms with Crippen molar-refractivity contribution in [1.82, 2.24) is 14.4 Å². The smallest absolute Gasteiger partial charge is 0.261 e. The van der Waals surface area contributed by atoms with E-state index in [1.54, 1.807) is 29.0 Å². The van der Waals surface area contributed by atoms with Gasteiger partial charge in [-0.05, 0) is 38.1 Å². The van der Waals surface area contributed by atoms with Crippen LogP contribution in [0.15, 0.2) is 48.7 Å². The van der Waals surface area contributed by atoms with Crippen LogP contribution in [0.1, 0.15) is 19.5 Å². The molecule has 7 heteroatoms. The van der Waals surface area contributed by atoms with Crippen molar-refractivity contribution in [1.29, 1.82) is 0 Å². The lowest BCUT2D eigenvalue weighted by molar-refractivity contribution is -0.143. The third-order valence-electron chi connectivity index (χ3n) is 4.68. The topological polar surface area (TPSA) is 64.0 Å². The third kappa shape index (κ3) is 6.94. The summed E-state index contributed by atoms with van der Waals surface area (Å²) in [6.45, 7) is 5.04. The molecule has 7 nitrogen and oxygen atoms in total. The number of hydrogen-bond donors (Lipinski definition) is 0. The van der Waals surface area contributed by atoms with Crippen molar-refractivity contribution in [3.63, 3.8) is 0 Å². The lowest BCUT2D eigenvalue weighted by atomic mass is 10.2. The molecule has 1 aromatic carbocycles. The molecule has 0 spiro atoms. The van der Waals surface area contributed by atoms with E-state index in [1.165, 1.54) is 0 Å². The fourth-order valence-corrected chi connectivity index (χ4v) is 2.90. The average Bonchev–Trinajstić information content (AvgIpc) is 3.12. The van der Waals surface area contributed by atoms with Crippen LogP contribution in [0.4, 0.5) is 0 Å². The van der Waals surface area contributed by atoms with Gasteiger partial charge < -0.3 is 23.8 Å². The molecule has 29 heavy (non-hydrogen) atoms. The molecule has 158 valence electrons. The molecular formula is C22H31N3O4. The molecule has 0 N–H and O–H groups in total. The van der Waals surface area contributed by atoms with Crippen LogP contribution in [-0.2, 0) is 27.9 Å². The minimum Gasteiger partial charge on any atom is -0.484 e. The quantitative estimate of drug-likeness (QED) is 0.580. The molecule has 0 fully saturated rings. The monoisotopic (exact) mass is 401 g/mol. The Morgan fingerprint density at radius 1 is 1.07 bits per heavy atom. The van der Waals surface area contributed by atoms with E-state index in [1.807, 2.05) is 62.0 Å². The minimum atomic E-state index is -0.220. The van der Waals surface area contributed by atoms with Crippen LogP contribution in [0.3, 0.4) is 0 Å². The van der Waals surface area contributed by atoms with Crippen LogP contribution in [0.2, 0.25) is 0 Å². The van der Waals surface area contributed by atoms with Crippen molar-refractivity contribution in [2.24, 2.45) is 7.05 Å². The van der Waals surface area contributed by atoms with Gasteiger partial charge in [0, 0.05) is 38.6 Å². The normalized spacial score (nSPS) is 10.8. The molecule has 0 aliphatic heterocycles. The Kier molecular flexibility index (Phi) is 8.73. The van der Waals surface area contributed by atoms with E-state index in [-0.39, 0.29) is 31.0 Å². The number of aryl methyl sites for hydroxylation is 1. The number of methoxy groups -OCH3 is 1. The Balaban J connectivity index is 2.02. The first-order chi connectivity index (χ1) is 13.9. The van der Waals surface area contributed by atoms with Crippen molar-refractivity contribution in [3.8, 4) is 5.75 Å². The maximum Gasteiger partial charge on any atom is 0.261 e. The van der Waals surface area contributed by atoms with Crippen molar-refractivity contribution < 1.29 is 19.1 Å². The Bertz CT molecular complexity index is 773.